The fraction of sp³-hybridized carbons (Fsp3) is 0.250. The number of benzene rings is 2. The Hall–Kier alpha value is -3.23. The lowest BCUT2D eigenvalue weighted by atomic mass is 9.88. The zero-order chi connectivity index (χ0) is 23.6. The molecule has 0 heterocycles. The van der Waals surface area contributed by atoms with E-state index in [4.69, 9.17) is 23.8 Å². The lowest BCUT2D eigenvalue weighted by molar-refractivity contribution is -0.120. The van der Waals surface area contributed by atoms with Gasteiger partial charge in [0.15, 0.2) is 5.11 Å². The van der Waals surface area contributed by atoms with E-state index in [0.717, 1.165) is 25.7 Å². The summed E-state index contributed by atoms with van der Waals surface area (Å²) in [5.74, 6) is -0.831. The summed E-state index contributed by atoms with van der Waals surface area (Å²) in [5.41, 5.74) is 6.61. The monoisotopic (exact) mass is 484 g/mol. The van der Waals surface area contributed by atoms with Crippen LogP contribution in [-0.2, 0) is 9.59 Å². The van der Waals surface area contributed by atoms with Gasteiger partial charge < -0.3 is 5.32 Å². The molecular weight excluding hydrogens is 460 g/mol. The molecule has 2 aromatic carbocycles. The summed E-state index contributed by atoms with van der Waals surface area (Å²) in [6, 6.07) is 13.6. The lowest BCUT2D eigenvalue weighted by Crippen LogP contribution is -2.48. The number of hydrogen-bond acceptors (Lipinski definition) is 4. The summed E-state index contributed by atoms with van der Waals surface area (Å²) in [4.78, 5) is 36.6. The molecule has 1 aliphatic rings. The van der Waals surface area contributed by atoms with Crippen LogP contribution in [0.3, 0.4) is 0 Å². The third kappa shape index (κ3) is 7.69. The van der Waals surface area contributed by atoms with Crippen molar-refractivity contribution in [3.05, 3.63) is 70.8 Å². The van der Waals surface area contributed by atoms with E-state index in [0.29, 0.717) is 21.8 Å². The van der Waals surface area contributed by atoms with E-state index in [1.807, 2.05) is 6.07 Å². The van der Waals surface area contributed by atoms with Gasteiger partial charge in [0.1, 0.15) is 0 Å². The van der Waals surface area contributed by atoms with Crippen LogP contribution in [0.1, 0.15) is 48.0 Å². The van der Waals surface area contributed by atoms with Crippen molar-refractivity contribution >= 4 is 58.4 Å². The number of thiocarbonyl (C=S) groups is 1. The molecular formula is C24H25ClN4O3S. The molecule has 2 aromatic rings. The van der Waals surface area contributed by atoms with E-state index in [1.165, 1.54) is 12.5 Å². The van der Waals surface area contributed by atoms with Crippen LogP contribution in [0.4, 0.5) is 5.69 Å². The molecule has 1 aliphatic carbocycles. The van der Waals surface area contributed by atoms with Gasteiger partial charge in [-0.25, -0.2) is 0 Å². The molecule has 4 N–H and O–H groups in total. The molecule has 3 rings (SSSR count). The summed E-state index contributed by atoms with van der Waals surface area (Å²) >= 11 is 11.1. The Morgan fingerprint density at radius 2 is 1.64 bits per heavy atom. The second-order valence-electron chi connectivity index (χ2n) is 7.65. The molecule has 0 unspecified atom stereocenters. The molecule has 0 radical (unpaired) electrons. The van der Waals surface area contributed by atoms with Crippen molar-refractivity contribution in [2.24, 2.45) is 5.92 Å². The third-order valence-corrected chi connectivity index (χ3v) is 5.78. The molecule has 1 fully saturated rings. The fourth-order valence-corrected chi connectivity index (χ4v) is 3.81. The van der Waals surface area contributed by atoms with E-state index in [1.54, 1.807) is 48.5 Å². The molecule has 0 aromatic heterocycles. The largest absolute Gasteiger partial charge is 0.326 e. The lowest BCUT2D eigenvalue weighted by Gasteiger charge is -2.20. The predicted molar refractivity (Wildman–Crippen MR) is 133 cm³/mol. The minimum atomic E-state index is -0.472. The molecule has 0 atom stereocenters. The predicted octanol–water partition coefficient (Wildman–Crippen LogP) is 4.21. The highest BCUT2D eigenvalue weighted by molar-refractivity contribution is 7.80. The van der Waals surface area contributed by atoms with Gasteiger partial charge in [-0.3, -0.25) is 30.6 Å². The first-order chi connectivity index (χ1) is 15.9. The molecule has 9 heteroatoms. The highest BCUT2D eigenvalue weighted by atomic mass is 35.5. The average molecular weight is 485 g/mol. The smallest absolute Gasteiger partial charge is 0.269 e. The first-order valence-corrected chi connectivity index (χ1v) is 11.5. The summed E-state index contributed by atoms with van der Waals surface area (Å²) in [6.07, 6.45) is 8.06. The highest BCUT2D eigenvalue weighted by Crippen LogP contribution is 2.25. The normalized spacial score (nSPS) is 13.8. The van der Waals surface area contributed by atoms with Gasteiger partial charge in [-0.2, -0.15) is 0 Å². The van der Waals surface area contributed by atoms with Crippen LogP contribution in [-0.4, -0.2) is 22.8 Å². The van der Waals surface area contributed by atoms with Gasteiger partial charge in [0.25, 0.3) is 5.91 Å². The second-order valence-corrected chi connectivity index (χ2v) is 8.47. The Bertz CT molecular complexity index is 1050. The van der Waals surface area contributed by atoms with Crippen LogP contribution in [0.2, 0.25) is 5.02 Å². The Labute approximate surface area is 202 Å². The van der Waals surface area contributed by atoms with Crippen LogP contribution >= 0.6 is 23.8 Å². The molecule has 172 valence electrons. The van der Waals surface area contributed by atoms with E-state index >= 15 is 0 Å². The Morgan fingerprint density at radius 1 is 0.939 bits per heavy atom. The zero-order valence-electron chi connectivity index (χ0n) is 17.9. The number of carbonyl (C=O) groups is 3. The van der Waals surface area contributed by atoms with Gasteiger partial charge in [0, 0.05) is 28.3 Å². The Kier molecular flexibility index (Phi) is 8.97. The molecule has 7 nitrogen and oxygen atoms in total. The quantitative estimate of drug-likeness (QED) is 0.289. The second kappa shape index (κ2) is 12.1. The number of amides is 3. The van der Waals surface area contributed by atoms with Crippen molar-refractivity contribution in [3.8, 4) is 0 Å². The highest BCUT2D eigenvalue weighted by Gasteiger charge is 2.21. The van der Waals surface area contributed by atoms with E-state index < -0.39 is 11.8 Å². The van der Waals surface area contributed by atoms with Crippen LogP contribution < -0.4 is 21.5 Å². The van der Waals surface area contributed by atoms with Gasteiger partial charge in [-0.1, -0.05) is 49.1 Å². The number of rotatable bonds is 5. The van der Waals surface area contributed by atoms with Crippen LogP contribution in [0.5, 0.6) is 0 Å². The molecule has 0 spiro atoms. The number of hydrogen-bond donors (Lipinski definition) is 4. The number of hydrazine groups is 1. The Morgan fingerprint density at radius 3 is 2.33 bits per heavy atom. The topological polar surface area (TPSA) is 99.3 Å². The summed E-state index contributed by atoms with van der Waals surface area (Å²) < 4.78 is 0. The van der Waals surface area contributed by atoms with Crippen LogP contribution in [0, 0.1) is 5.92 Å². The van der Waals surface area contributed by atoms with Crippen molar-refractivity contribution < 1.29 is 14.4 Å². The molecule has 3 amide bonds. The molecule has 1 saturated carbocycles. The Balaban J connectivity index is 1.43. The van der Waals surface area contributed by atoms with E-state index in [2.05, 4.69) is 21.5 Å². The minimum absolute atomic E-state index is 0.0262. The number of halogens is 1. The van der Waals surface area contributed by atoms with Gasteiger partial charge in [0.2, 0.25) is 11.8 Å². The summed E-state index contributed by atoms with van der Waals surface area (Å²) in [6.45, 7) is 0. The SMILES string of the molecule is O=C(/C=C/c1ccccc1Cl)NC(=S)NNC(=O)c1ccc(NC(=O)C2CCCCC2)cc1. The summed E-state index contributed by atoms with van der Waals surface area (Å²) in [5, 5.41) is 5.80. The van der Waals surface area contributed by atoms with Gasteiger partial charge in [-0.15, -0.1) is 0 Å². The summed E-state index contributed by atoms with van der Waals surface area (Å²) in [7, 11) is 0. The van der Waals surface area contributed by atoms with Crippen LogP contribution in [0.15, 0.2) is 54.6 Å². The number of anilines is 1. The number of carbonyl (C=O) groups excluding carboxylic acids is 3. The van der Waals surface area contributed by atoms with Gasteiger partial charge in [-0.05, 0) is 67.0 Å². The average Bonchev–Trinajstić information content (AvgIpc) is 2.83. The van der Waals surface area contributed by atoms with Crippen molar-refractivity contribution in [1.29, 1.82) is 0 Å². The zero-order valence-corrected chi connectivity index (χ0v) is 19.5. The molecule has 0 bridgehead atoms. The molecule has 33 heavy (non-hydrogen) atoms. The van der Waals surface area contributed by atoms with Crippen LogP contribution in [0.25, 0.3) is 6.08 Å². The molecule has 0 aliphatic heterocycles. The van der Waals surface area contributed by atoms with Crippen molar-refractivity contribution in [1.82, 2.24) is 16.2 Å². The van der Waals surface area contributed by atoms with Crippen molar-refractivity contribution in [2.45, 2.75) is 32.1 Å². The fourth-order valence-electron chi connectivity index (χ4n) is 3.46. The third-order valence-electron chi connectivity index (χ3n) is 5.24. The maximum atomic E-state index is 12.3. The van der Waals surface area contributed by atoms with Gasteiger partial charge >= 0.3 is 0 Å². The van der Waals surface area contributed by atoms with Crippen molar-refractivity contribution in [3.63, 3.8) is 0 Å². The van der Waals surface area contributed by atoms with Crippen molar-refractivity contribution in [2.75, 3.05) is 5.32 Å². The first kappa shape index (κ1) is 24.4. The first-order valence-electron chi connectivity index (χ1n) is 10.7. The van der Waals surface area contributed by atoms with Gasteiger partial charge in [0.05, 0.1) is 0 Å². The van der Waals surface area contributed by atoms with E-state index in [-0.39, 0.29) is 16.9 Å². The van der Waals surface area contributed by atoms with E-state index in [9.17, 15) is 14.4 Å². The minimum Gasteiger partial charge on any atom is -0.326 e. The standard InChI is InChI=1S/C24H25ClN4O3S/c25-20-9-5-4-6-16(20)12-15-21(30)27-24(33)29-28-23(32)18-10-13-19(14-11-18)26-22(31)17-7-2-1-3-8-17/h4-6,9-15,17H,1-3,7-8H2,(H,26,31)(H,28,32)(H2,27,29,30,33)/b15-12+. The molecule has 0 saturated heterocycles. The number of nitrogens with one attached hydrogen (secondary N) is 4. The maximum absolute atomic E-state index is 12.3. The maximum Gasteiger partial charge on any atom is 0.269 e.